The number of rotatable bonds is 5. The average Bonchev–Trinajstić information content (AvgIpc) is 2.94. The van der Waals surface area contributed by atoms with Gasteiger partial charge in [0.1, 0.15) is 11.3 Å². The number of halogens is 6. The number of methoxy groups -OCH3 is 1. The number of aromatic nitrogens is 1. The van der Waals surface area contributed by atoms with Gasteiger partial charge in [-0.25, -0.2) is 0 Å². The molecular weight excluding hydrogens is 586 g/mol. The van der Waals surface area contributed by atoms with Crippen molar-refractivity contribution in [2.75, 3.05) is 19.9 Å². The van der Waals surface area contributed by atoms with Crippen LogP contribution in [0, 0.1) is 0 Å². The molecule has 4 aromatic rings. The van der Waals surface area contributed by atoms with Gasteiger partial charge in [-0.2, -0.15) is 26.3 Å². The van der Waals surface area contributed by atoms with E-state index in [2.05, 4.69) is 0 Å². The lowest BCUT2D eigenvalue weighted by Gasteiger charge is -2.25. The minimum atomic E-state index is -5.06. The van der Waals surface area contributed by atoms with Gasteiger partial charge in [-0.3, -0.25) is 13.8 Å². The van der Waals surface area contributed by atoms with Crippen molar-refractivity contribution in [2.24, 2.45) is 0 Å². The second-order valence-electron chi connectivity index (χ2n) is 9.72. The van der Waals surface area contributed by atoms with Crippen molar-refractivity contribution in [1.82, 2.24) is 9.47 Å². The molecule has 1 aromatic heterocycles. The number of pyridine rings is 1. The Labute approximate surface area is 237 Å². The molecule has 6 nitrogen and oxygen atoms in total. The SMILES string of the molecule is COc1cccc(-c2c(C(=O)N(C)Cc3cc(C(F)(F)F)cc(C(F)(F)F)c3)c(=O)n3c4c(cccc24)S(=O)CC3)c1. The number of para-hydroxylation sites is 1. The molecule has 220 valence electrons. The zero-order valence-electron chi connectivity index (χ0n) is 22.1. The van der Waals surface area contributed by atoms with Crippen LogP contribution in [0.2, 0.25) is 0 Å². The number of ether oxygens (including phenoxy) is 1. The summed E-state index contributed by atoms with van der Waals surface area (Å²) in [7, 11) is 1.22. The van der Waals surface area contributed by atoms with E-state index in [1.807, 2.05) is 0 Å². The van der Waals surface area contributed by atoms with E-state index in [0.717, 1.165) is 4.90 Å². The number of carbonyl (C=O) groups excluding carboxylic acids is 1. The molecule has 0 spiro atoms. The summed E-state index contributed by atoms with van der Waals surface area (Å²) < 4.78 is 100.0. The largest absolute Gasteiger partial charge is 0.497 e. The molecular formula is C29H22F6N2O4S. The van der Waals surface area contributed by atoms with Crippen LogP contribution in [0.1, 0.15) is 27.0 Å². The topological polar surface area (TPSA) is 68.6 Å². The molecule has 0 bridgehead atoms. The van der Waals surface area contributed by atoms with Crippen LogP contribution in [0.15, 0.2) is 70.4 Å². The standard InChI is InChI=1S/C29H22F6N2O4S/c1-36(15-16-11-18(28(30,31)32)14-19(12-16)29(33,34)35)26(38)24-23(17-5-3-6-20(13-17)41-2)21-7-4-8-22-25(21)37(27(24)39)9-10-42(22)40/h3-8,11-14H,9-10,15H2,1-2H3. The summed E-state index contributed by atoms with van der Waals surface area (Å²) in [4.78, 5) is 29.2. The van der Waals surface area contributed by atoms with Crippen molar-refractivity contribution in [3.05, 3.63) is 93.3 Å². The van der Waals surface area contributed by atoms with E-state index in [0.29, 0.717) is 39.2 Å². The van der Waals surface area contributed by atoms with E-state index in [1.165, 1.54) is 18.7 Å². The van der Waals surface area contributed by atoms with Crippen molar-refractivity contribution < 1.29 is 40.1 Å². The fourth-order valence-corrected chi connectivity index (χ4v) is 6.32. The number of benzene rings is 3. The fourth-order valence-electron chi connectivity index (χ4n) is 5.09. The van der Waals surface area contributed by atoms with Crippen LogP contribution in [0.5, 0.6) is 5.75 Å². The first-order valence-corrected chi connectivity index (χ1v) is 13.8. The Bertz CT molecular complexity index is 1780. The van der Waals surface area contributed by atoms with Gasteiger partial charge in [0.25, 0.3) is 11.5 Å². The Kier molecular flexibility index (Phi) is 7.42. The Morgan fingerprint density at radius 3 is 2.24 bits per heavy atom. The molecule has 0 fully saturated rings. The van der Waals surface area contributed by atoms with E-state index in [-0.39, 0.29) is 29.5 Å². The predicted octanol–water partition coefficient (Wildman–Crippen LogP) is 6.11. The highest BCUT2D eigenvalue weighted by Gasteiger charge is 2.37. The highest BCUT2D eigenvalue weighted by atomic mass is 32.2. The molecule has 0 saturated carbocycles. The van der Waals surface area contributed by atoms with E-state index >= 15 is 0 Å². The molecule has 0 aliphatic carbocycles. The van der Waals surface area contributed by atoms with Gasteiger partial charge in [-0.05, 0) is 47.5 Å². The van der Waals surface area contributed by atoms with Gasteiger partial charge in [0.05, 0.1) is 39.4 Å². The van der Waals surface area contributed by atoms with Crippen molar-refractivity contribution in [2.45, 2.75) is 30.3 Å². The second kappa shape index (κ2) is 10.6. The maximum Gasteiger partial charge on any atom is 0.416 e. The Morgan fingerprint density at radius 2 is 1.62 bits per heavy atom. The highest BCUT2D eigenvalue weighted by Crippen LogP contribution is 2.38. The maximum atomic E-state index is 13.9. The van der Waals surface area contributed by atoms with Gasteiger partial charge >= 0.3 is 12.4 Å². The van der Waals surface area contributed by atoms with Gasteiger partial charge in [0, 0.05) is 36.8 Å². The first kappa shape index (κ1) is 29.4. The third kappa shape index (κ3) is 5.28. The van der Waals surface area contributed by atoms with Crippen molar-refractivity contribution in [3.8, 4) is 16.9 Å². The molecule has 1 unspecified atom stereocenters. The number of carbonyl (C=O) groups is 1. The average molecular weight is 609 g/mol. The number of amides is 1. The summed E-state index contributed by atoms with van der Waals surface area (Å²) in [5, 5.41) is 0.434. The lowest BCUT2D eigenvalue weighted by Crippen LogP contribution is -2.37. The summed E-state index contributed by atoms with van der Waals surface area (Å²) in [6.07, 6.45) is -10.1. The van der Waals surface area contributed by atoms with Gasteiger partial charge in [-0.1, -0.05) is 24.3 Å². The summed E-state index contributed by atoms with van der Waals surface area (Å²) in [6, 6.07) is 12.5. The molecule has 42 heavy (non-hydrogen) atoms. The quantitative estimate of drug-likeness (QED) is 0.257. The lowest BCUT2D eigenvalue weighted by molar-refractivity contribution is -0.143. The van der Waals surface area contributed by atoms with Gasteiger partial charge in [-0.15, -0.1) is 0 Å². The minimum absolute atomic E-state index is 0.00816. The highest BCUT2D eigenvalue weighted by molar-refractivity contribution is 7.85. The summed E-state index contributed by atoms with van der Waals surface area (Å²) in [6.45, 7) is -0.602. The molecule has 2 heterocycles. The second-order valence-corrected chi connectivity index (χ2v) is 11.3. The van der Waals surface area contributed by atoms with Crippen LogP contribution >= 0.6 is 0 Å². The predicted molar refractivity (Wildman–Crippen MR) is 144 cm³/mol. The van der Waals surface area contributed by atoms with Crippen LogP contribution in [0.3, 0.4) is 0 Å². The van der Waals surface area contributed by atoms with E-state index in [9.17, 15) is 40.1 Å². The molecule has 0 N–H and O–H groups in total. The molecule has 1 atom stereocenters. The Morgan fingerprint density at radius 1 is 0.976 bits per heavy atom. The minimum Gasteiger partial charge on any atom is -0.497 e. The third-order valence-electron chi connectivity index (χ3n) is 6.98. The monoisotopic (exact) mass is 608 g/mol. The van der Waals surface area contributed by atoms with E-state index in [4.69, 9.17) is 4.74 Å². The fraction of sp³-hybridized carbons (Fsp3) is 0.241. The molecule has 13 heteroatoms. The first-order chi connectivity index (χ1) is 19.7. The maximum absolute atomic E-state index is 13.9. The van der Waals surface area contributed by atoms with Gasteiger partial charge in [0.2, 0.25) is 0 Å². The summed E-state index contributed by atoms with van der Waals surface area (Å²) in [5.74, 6) is -0.378. The molecule has 3 aromatic carbocycles. The number of hydrogen-bond donors (Lipinski definition) is 0. The lowest BCUT2D eigenvalue weighted by atomic mass is 9.94. The van der Waals surface area contributed by atoms with Crippen LogP contribution < -0.4 is 10.3 Å². The Hall–Kier alpha value is -4.13. The molecule has 0 saturated heterocycles. The molecule has 0 radical (unpaired) electrons. The number of aryl methyl sites for hydroxylation is 1. The van der Waals surface area contributed by atoms with Crippen LogP contribution in [-0.4, -0.2) is 39.5 Å². The van der Waals surface area contributed by atoms with Crippen molar-refractivity contribution in [1.29, 1.82) is 0 Å². The zero-order valence-corrected chi connectivity index (χ0v) is 22.9. The number of alkyl halides is 6. The zero-order chi connectivity index (χ0) is 30.6. The Balaban J connectivity index is 1.70. The van der Waals surface area contributed by atoms with Crippen LogP contribution in [-0.2, 0) is 36.2 Å². The molecule has 1 aliphatic rings. The molecule has 5 rings (SSSR count). The molecule has 1 amide bonds. The third-order valence-corrected chi connectivity index (χ3v) is 8.35. The van der Waals surface area contributed by atoms with Gasteiger partial charge < -0.3 is 14.2 Å². The van der Waals surface area contributed by atoms with Crippen LogP contribution in [0.4, 0.5) is 26.3 Å². The molecule has 1 aliphatic heterocycles. The van der Waals surface area contributed by atoms with E-state index in [1.54, 1.807) is 42.5 Å². The summed E-state index contributed by atoms with van der Waals surface area (Å²) in [5.41, 5.74) is -3.52. The van der Waals surface area contributed by atoms with Crippen molar-refractivity contribution >= 4 is 27.6 Å². The first-order valence-electron chi connectivity index (χ1n) is 12.5. The smallest absolute Gasteiger partial charge is 0.416 e. The van der Waals surface area contributed by atoms with E-state index < -0.39 is 57.9 Å². The number of nitrogens with zero attached hydrogens (tertiary/aromatic N) is 2. The van der Waals surface area contributed by atoms with Gasteiger partial charge in [0.15, 0.2) is 0 Å². The number of hydrogen-bond acceptors (Lipinski definition) is 4. The van der Waals surface area contributed by atoms with Crippen molar-refractivity contribution in [3.63, 3.8) is 0 Å². The summed E-state index contributed by atoms with van der Waals surface area (Å²) >= 11 is 0. The normalized spacial score (nSPS) is 15.1. The van der Waals surface area contributed by atoms with Crippen LogP contribution in [0.25, 0.3) is 22.0 Å².